The Morgan fingerprint density at radius 2 is 2.28 bits per heavy atom. The summed E-state index contributed by atoms with van der Waals surface area (Å²) in [5.41, 5.74) is 0.544. The summed E-state index contributed by atoms with van der Waals surface area (Å²) < 4.78 is 5.13. The maximum absolute atomic E-state index is 11.6. The minimum absolute atomic E-state index is 0.313. The van der Waals surface area contributed by atoms with Crippen molar-refractivity contribution in [3.05, 3.63) is 35.5 Å². The number of carbonyl (C=O) groups is 1. The predicted molar refractivity (Wildman–Crippen MR) is 72.0 cm³/mol. The van der Waals surface area contributed by atoms with Crippen LogP contribution in [0.15, 0.2) is 30.5 Å². The van der Waals surface area contributed by atoms with Gasteiger partial charge in [-0.2, -0.15) is 0 Å². The lowest BCUT2D eigenvalue weighted by molar-refractivity contribution is 0.255. The van der Waals surface area contributed by atoms with E-state index in [4.69, 9.17) is 16.3 Å². The molecule has 0 radical (unpaired) electrons. The molecule has 0 saturated heterocycles. The first-order valence-corrected chi connectivity index (χ1v) is 6.14. The fraction of sp³-hybridized carbons (Fsp3) is 0.308. The van der Waals surface area contributed by atoms with Crippen LogP contribution in [0.5, 0.6) is 5.75 Å². The third kappa shape index (κ3) is 3.67. The lowest BCUT2D eigenvalue weighted by Crippen LogP contribution is -2.24. The Labute approximate surface area is 111 Å². The first-order valence-electron chi connectivity index (χ1n) is 5.77. The van der Waals surface area contributed by atoms with E-state index in [1.54, 1.807) is 31.5 Å². The molecular weight excluding hydrogens is 252 g/mol. The molecule has 0 spiro atoms. The molecule has 0 aromatic heterocycles. The quantitative estimate of drug-likeness (QED) is 0.878. The van der Waals surface area contributed by atoms with Crippen molar-refractivity contribution >= 4 is 23.3 Å². The highest BCUT2D eigenvalue weighted by Crippen LogP contribution is 2.30. The molecule has 0 bridgehead atoms. The number of hydrogen-bond donors (Lipinski definition) is 2. The van der Waals surface area contributed by atoms with Crippen LogP contribution < -0.4 is 15.4 Å². The second-order valence-electron chi connectivity index (χ2n) is 4.14. The van der Waals surface area contributed by atoms with E-state index in [0.717, 1.165) is 0 Å². The van der Waals surface area contributed by atoms with Gasteiger partial charge in [-0.3, -0.25) is 0 Å². The first-order chi connectivity index (χ1) is 8.69. The zero-order chi connectivity index (χ0) is 13.0. The van der Waals surface area contributed by atoms with Crippen LogP contribution in [0.1, 0.15) is 12.8 Å². The summed E-state index contributed by atoms with van der Waals surface area (Å²) in [7, 11) is 1.54. The van der Waals surface area contributed by atoms with Crippen LogP contribution in [-0.2, 0) is 0 Å². The number of allylic oxidation sites excluding steroid dienone is 1. The third-order valence-corrected chi connectivity index (χ3v) is 2.85. The lowest BCUT2D eigenvalue weighted by Gasteiger charge is -2.10. The number of urea groups is 1. The molecule has 4 nitrogen and oxygen atoms in total. The molecule has 0 atom stereocenters. The number of amides is 2. The molecule has 1 aromatic rings. The number of halogens is 1. The average molecular weight is 267 g/mol. The van der Waals surface area contributed by atoms with Crippen molar-refractivity contribution in [3.8, 4) is 5.75 Å². The summed E-state index contributed by atoms with van der Waals surface area (Å²) >= 11 is 5.87. The van der Waals surface area contributed by atoms with Gasteiger partial charge >= 0.3 is 6.03 Å². The minimum Gasteiger partial charge on any atom is -0.495 e. The summed E-state index contributed by atoms with van der Waals surface area (Å²) in [4.78, 5) is 11.6. The molecule has 1 aliphatic carbocycles. The predicted octanol–water partition coefficient (Wildman–Crippen LogP) is 3.39. The van der Waals surface area contributed by atoms with Crippen molar-refractivity contribution in [1.82, 2.24) is 5.32 Å². The lowest BCUT2D eigenvalue weighted by atomic mass is 10.3. The highest BCUT2D eigenvalue weighted by molar-refractivity contribution is 6.31. The van der Waals surface area contributed by atoms with Gasteiger partial charge in [-0.25, -0.2) is 4.79 Å². The fourth-order valence-electron chi connectivity index (χ4n) is 1.48. The Hall–Kier alpha value is -1.68. The number of hydrogen-bond acceptors (Lipinski definition) is 2. The van der Waals surface area contributed by atoms with Crippen LogP contribution in [0.4, 0.5) is 10.5 Å². The topological polar surface area (TPSA) is 50.4 Å². The van der Waals surface area contributed by atoms with E-state index in [2.05, 4.69) is 10.6 Å². The summed E-state index contributed by atoms with van der Waals surface area (Å²) in [5, 5.41) is 5.87. The van der Waals surface area contributed by atoms with Gasteiger partial charge in [0.2, 0.25) is 0 Å². The second kappa shape index (κ2) is 5.78. The van der Waals surface area contributed by atoms with Crippen LogP contribution >= 0.6 is 11.6 Å². The van der Waals surface area contributed by atoms with Gasteiger partial charge in [-0.1, -0.05) is 17.7 Å². The smallest absolute Gasteiger partial charge is 0.323 e. The molecule has 2 amide bonds. The monoisotopic (exact) mass is 266 g/mol. The molecule has 1 saturated carbocycles. The van der Waals surface area contributed by atoms with Gasteiger partial charge in [0.25, 0.3) is 0 Å². The van der Waals surface area contributed by atoms with Crippen molar-refractivity contribution in [1.29, 1.82) is 0 Å². The number of methoxy groups -OCH3 is 1. The molecule has 96 valence electrons. The molecule has 0 aliphatic heterocycles. The van der Waals surface area contributed by atoms with Gasteiger partial charge in [-0.15, -0.1) is 0 Å². The van der Waals surface area contributed by atoms with Gasteiger partial charge in [0.15, 0.2) is 0 Å². The number of benzene rings is 1. The van der Waals surface area contributed by atoms with E-state index in [9.17, 15) is 4.79 Å². The first kappa shape index (κ1) is 12.8. The summed E-state index contributed by atoms with van der Waals surface area (Å²) in [6, 6.07) is 4.74. The van der Waals surface area contributed by atoms with Crippen molar-refractivity contribution in [2.45, 2.75) is 12.8 Å². The normalized spacial score (nSPS) is 14.6. The molecule has 0 heterocycles. The molecule has 1 fully saturated rings. The average Bonchev–Trinajstić information content (AvgIpc) is 3.13. The van der Waals surface area contributed by atoms with E-state index >= 15 is 0 Å². The van der Waals surface area contributed by atoms with Crippen molar-refractivity contribution in [3.63, 3.8) is 0 Å². The summed E-state index contributed by atoms with van der Waals surface area (Å²) in [6.07, 6.45) is 6.09. The van der Waals surface area contributed by atoms with Crippen LogP contribution in [-0.4, -0.2) is 13.1 Å². The largest absolute Gasteiger partial charge is 0.495 e. The maximum Gasteiger partial charge on any atom is 0.323 e. The molecule has 18 heavy (non-hydrogen) atoms. The van der Waals surface area contributed by atoms with Gasteiger partial charge in [0.1, 0.15) is 5.75 Å². The Morgan fingerprint density at radius 1 is 1.50 bits per heavy atom. The Kier molecular flexibility index (Phi) is 4.10. The Bertz CT molecular complexity index is 470. The molecule has 2 N–H and O–H groups in total. The van der Waals surface area contributed by atoms with E-state index in [1.807, 2.05) is 6.08 Å². The zero-order valence-corrected chi connectivity index (χ0v) is 10.8. The van der Waals surface area contributed by atoms with E-state index in [-0.39, 0.29) is 6.03 Å². The van der Waals surface area contributed by atoms with Crippen LogP contribution in [0.25, 0.3) is 0 Å². The summed E-state index contributed by atoms with van der Waals surface area (Å²) in [5.74, 6) is 1.20. The third-order valence-electron chi connectivity index (χ3n) is 2.61. The minimum atomic E-state index is -0.313. The standard InChI is InChI=1S/C13H15ClN2O2/c1-18-12-5-4-10(14)8-11(12)16-13(17)15-7-6-9-2-3-9/h4-9H,2-3H2,1H3,(H2,15,16,17)/b7-6+. The Morgan fingerprint density at radius 3 is 2.94 bits per heavy atom. The second-order valence-corrected chi connectivity index (χ2v) is 4.58. The van der Waals surface area contributed by atoms with Gasteiger partial charge in [0, 0.05) is 11.2 Å². The zero-order valence-electron chi connectivity index (χ0n) is 10.1. The van der Waals surface area contributed by atoms with Crippen molar-refractivity contribution in [2.75, 3.05) is 12.4 Å². The number of anilines is 1. The maximum atomic E-state index is 11.6. The summed E-state index contributed by atoms with van der Waals surface area (Å²) in [6.45, 7) is 0. The fourth-order valence-corrected chi connectivity index (χ4v) is 1.66. The number of ether oxygens (including phenoxy) is 1. The van der Waals surface area contributed by atoms with Crippen molar-refractivity contribution < 1.29 is 9.53 Å². The highest BCUT2D eigenvalue weighted by atomic mass is 35.5. The van der Waals surface area contributed by atoms with Gasteiger partial charge in [0.05, 0.1) is 12.8 Å². The van der Waals surface area contributed by atoms with Gasteiger partial charge < -0.3 is 15.4 Å². The van der Waals surface area contributed by atoms with E-state index in [1.165, 1.54) is 12.8 Å². The van der Waals surface area contributed by atoms with E-state index < -0.39 is 0 Å². The molecule has 5 heteroatoms. The molecule has 2 rings (SSSR count). The van der Waals surface area contributed by atoms with Gasteiger partial charge in [-0.05, 0) is 37.0 Å². The molecule has 1 aliphatic rings. The number of rotatable bonds is 4. The molecular formula is C13H15ClN2O2. The van der Waals surface area contributed by atoms with Crippen LogP contribution in [0.2, 0.25) is 5.02 Å². The van der Waals surface area contributed by atoms with Crippen LogP contribution in [0.3, 0.4) is 0 Å². The van der Waals surface area contributed by atoms with Crippen LogP contribution in [0, 0.1) is 5.92 Å². The SMILES string of the molecule is COc1ccc(Cl)cc1NC(=O)N/C=C/C1CC1. The molecule has 1 aromatic carbocycles. The van der Waals surface area contributed by atoms with E-state index in [0.29, 0.717) is 22.4 Å². The molecule has 0 unspecified atom stereocenters. The highest BCUT2D eigenvalue weighted by Gasteiger charge is 2.17. The number of carbonyl (C=O) groups excluding carboxylic acids is 1. The van der Waals surface area contributed by atoms with Crippen molar-refractivity contribution in [2.24, 2.45) is 5.92 Å². The number of nitrogens with one attached hydrogen (secondary N) is 2. The Balaban J connectivity index is 1.94.